The van der Waals surface area contributed by atoms with Crippen LogP contribution in [-0.2, 0) is 4.74 Å². The van der Waals surface area contributed by atoms with E-state index in [0.717, 1.165) is 32.1 Å². The van der Waals surface area contributed by atoms with Crippen LogP contribution in [0.5, 0.6) is 0 Å². The van der Waals surface area contributed by atoms with Crippen molar-refractivity contribution in [2.24, 2.45) is 11.7 Å². The molecule has 2 aliphatic rings. The lowest BCUT2D eigenvalue weighted by Gasteiger charge is -2.37. The van der Waals surface area contributed by atoms with Gasteiger partial charge in [-0.15, -0.1) is 12.4 Å². The number of nitrogens with two attached hydrogens (primary N) is 1. The topological polar surface area (TPSA) is 41.7 Å². The molecule has 4 nitrogen and oxygen atoms in total. The van der Waals surface area contributed by atoms with Crippen LogP contribution in [0.3, 0.4) is 0 Å². The summed E-state index contributed by atoms with van der Waals surface area (Å²) in [5.74, 6) is 0.919. The molecule has 2 N–H and O–H groups in total. The maximum absolute atomic E-state index is 5.79. The molecule has 0 aliphatic carbocycles. The molecule has 0 bridgehead atoms. The van der Waals surface area contributed by atoms with Crippen molar-refractivity contribution in [3.05, 3.63) is 0 Å². The average Bonchev–Trinajstić information content (AvgIpc) is 2.37. The fourth-order valence-electron chi connectivity index (χ4n) is 3.51. The molecule has 0 amide bonds. The molecule has 0 aromatic carbocycles. The van der Waals surface area contributed by atoms with Gasteiger partial charge in [-0.3, -0.25) is 4.90 Å². The Morgan fingerprint density at radius 3 is 2.15 bits per heavy atom. The van der Waals surface area contributed by atoms with Gasteiger partial charge in [0.2, 0.25) is 0 Å². The summed E-state index contributed by atoms with van der Waals surface area (Å²) < 4.78 is 5.79. The van der Waals surface area contributed by atoms with Gasteiger partial charge in [0.15, 0.2) is 0 Å². The van der Waals surface area contributed by atoms with E-state index in [1.807, 2.05) is 0 Å². The highest BCUT2D eigenvalue weighted by molar-refractivity contribution is 5.85. The predicted molar refractivity (Wildman–Crippen MR) is 86.5 cm³/mol. The quantitative estimate of drug-likeness (QED) is 0.837. The molecule has 2 fully saturated rings. The van der Waals surface area contributed by atoms with E-state index in [0.29, 0.717) is 12.2 Å². The van der Waals surface area contributed by atoms with Crippen molar-refractivity contribution in [2.75, 3.05) is 45.8 Å². The van der Waals surface area contributed by atoms with E-state index in [2.05, 4.69) is 23.6 Å². The van der Waals surface area contributed by atoms with Crippen LogP contribution in [-0.4, -0.2) is 67.8 Å². The molecule has 2 saturated heterocycles. The van der Waals surface area contributed by atoms with Gasteiger partial charge in [0.25, 0.3) is 0 Å². The van der Waals surface area contributed by atoms with E-state index in [9.17, 15) is 0 Å². The van der Waals surface area contributed by atoms with E-state index in [1.165, 1.54) is 38.9 Å². The summed E-state index contributed by atoms with van der Waals surface area (Å²) in [5.41, 5.74) is 5.62. The first kappa shape index (κ1) is 18.2. The maximum atomic E-state index is 5.79. The van der Waals surface area contributed by atoms with Gasteiger partial charge >= 0.3 is 0 Å². The number of ether oxygens (including phenoxy) is 1. The van der Waals surface area contributed by atoms with Crippen molar-refractivity contribution >= 4 is 12.4 Å². The second-order valence-electron chi connectivity index (χ2n) is 6.38. The first-order chi connectivity index (χ1) is 9.17. The third-order valence-corrected chi connectivity index (χ3v) is 4.50. The Morgan fingerprint density at radius 2 is 1.60 bits per heavy atom. The lowest BCUT2D eigenvalue weighted by molar-refractivity contribution is -0.0693. The minimum atomic E-state index is 0. The van der Waals surface area contributed by atoms with Gasteiger partial charge in [0.05, 0.1) is 12.2 Å². The minimum Gasteiger partial charge on any atom is -0.373 e. The zero-order valence-corrected chi connectivity index (χ0v) is 13.9. The Hall–Kier alpha value is 0.130. The second kappa shape index (κ2) is 9.21. The lowest BCUT2D eigenvalue weighted by atomic mass is 9.93. The van der Waals surface area contributed by atoms with Gasteiger partial charge in [-0.1, -0.05) is 0 Å². The Balaban J connectivity index is 0.00000200. The van der Waals surface area contributed by atoms with Crippen molar-refractivity contribution in [1.82, 2.24) is 9.80 Å². The SMILES string of the molecule is CC1CN(CCC2CCN(CCN)CC2)CC(C)O1.Cl. The normalized spacial score (nSPS) is 30.1. The molecule has 2 rings (SSSR count). The van der Waals surface area contributed by atoms with Crippen molar-refractivity contribution in [3.8, 4) is 0 Å². The van der Waals surface area contributed by atoms with Crippen LogP contribution in [0.1, 0.15) is 33.1 Å². The third kappa shape index (κ3) is 5.86. The molecule has 2 aliphatic heterocycles. The molecular formula is C15H32ClN3O. The molecule has 2 atom stereocenters. The summed E-state index contributed by atoms with van der Waals surface area (Å²) in [4.78, 5) is 5.10. The minimum absolute atomic E-state index is 0. The molecule has 0 radical (unpaired) electrons. The largest absolute Gasteiger partial charge is 0.373 e. The van der Waals surface area contributed by atoms with E-state index in [4.69, 9.17) is 10.5 Å². The van der Waals surface area contributed by atoms with E-state index in [-0.39, 0.29) is 12.4 Å². The smallest absolute Gasteiger partial charge is 0.0678 e. The lowest BCUT2D eigenvalue weighted by Crippen LogP contribution is -2.46. The molecule has 0 aromatic heterocycles. The van der Waals surface area contributed by atoms with Gasteiger partial charge < -0.3 is 15.4 Å². The zero-order valence-electron chi connectivity index (χ0n) is 13.1. The summed E-state index contributed by atoms with van der Waals surface area (Å²) in [6, 6.07) is 0. The highest BCUT2D eigenvalue weighted by Crippen LogP contribution is 2.21. The van der Waals surface area contributed by atoms with Gasteiger partial charge in [-0.2, -0.15) is 0 Å². The number of hydrogen-bond donors (Lipinski definition) is 1. The number of likely N-dealkylation sites (tertiary alicyclic amines) is 1. The first-order valence-electron chi connectivity index (χ1n) is 7.97. The summed E-state index contributed by atoms with van der Waals surface area (Å²) in [7, 11) is 0. The van der Waals surface area contributed by atoms with Gasteiger partial charge in [-0.25, -0.2) is 0 Å². The van der Waals surface area contributed by atoms with Crippen molar-refractivity contribution in [3.63, 3.8) is 0 Å². The fourth-order valence-corrected chi connectivity index (χ4v) is 3.51. The molecule has 120 valence electrons. The van der Waals surface area contributed by atoms with E-state index in [1.54, 1.807) is 0 Å². The van der Waals surface area contributed by atoms with Crippen molar-refractivity contribution < 1.29 is 4.74 Å². The van der Waals surface area contributed by atoms with Crippen LogP contribution in [0.4, 0.5) is 0 Å². The van der Waals surface area contributed by atoms with Crippen molar-refractivity contribution in [2.45, 2.75) is 45.3 Å². The highest BCUT2D eigenvalue weighted by atomic mass is 35.5. The zero-order chi connectivity index (χ0) is 13.7. The van der Waals surface area contributed by atoms with Gasteiger partial charge in [-0.05, 0) is 58.7 Å². The number of rotatable bonds is 5. The fraction of sp³-hybridized carbons (Fsp3) is 1.00. The summed E-state index contributed by atoms with van der Waals surface area (Å²) in [5, 5.41) is 0. The van der Waals surface area contributed by atoms with Crippen LogP contribution in [0.2, 0.25) is 0 Å². The molecule has 2 heterocycles. The molecular weight excluding hydrogens is 274 g/mol. The molecule has 5 heteroatoms. The highest BCUT2D eigenvalue weighted by Gasteiger charge is 2.24. The van der Waals surface area contributed by atoms with Crippen molar-refractivity contribution in [1.29, 1.82) is 0 Å². The average molecular weight is 306 g/mol. The molecule has 0 aromatic rings. The maximum Gasteiger partial charge on any atom is 0.0678 e. The Kier molecular flexibility index (Phi) is 8.37. The summed E-state index contributed by atoms with van der Waals surface area (Å²) in [6.07, 6.45) is 4.87. The monoisotopic (exact) mass is 305 g/mol. The number of morpholine rings is 1. The van der Waals surface area contributed by atoms with Crippen LogP contribution in [0, 0.1) is 5.92 Å². The Morgan fingerprint density at radius 1 is 1.00 bits per heavy atom. The van der Waals surface area contributed by atoms with Gasteiger partial charge in [0, 0.05) is 26.2 Å². The van der Waals surface area contributed by atoms with Crippen LogP contribution in [0.15, 0.2) is 0 Å². The summed E-state index contributed by atoms with van der Waals surface area (Å²) in [6.45, 7) is 12.2. The molecule has 2 unspecified atom stereocenters. The number of nitrogens with zero attached hydrogens (tertiary/aromatic N) is 2. The third-order valence-electron chi connectivity index (χ3n) is 4.50. The van der Waals surface area contributed by atoms with E-state index < -0.39 is 0 Å². The molecule has 0 saturated carbocycles. The number of hydrogen-bond acceptors (Lipinski definition) is 4. The predicted octanol–water partition coefficient (Wildman–Crippen LogP) is 1.58. The Labute approximate surface area is 130 Å². The summed E-state index contributed by atoms with van der Waals surface area (Å²) >= 11 is 0. The number of halogens is 1. The van der Waals surface area contributed by atoms with E-state index >= 15 is 0 Å². The van der Waals surface area contributed by atoms with Crippen LogP contribution in [0.25, 0.3) is 0 Å². The van der Waals surface area contributed by atoms with Crippen LogP contribution >= 0.6 is 12.4 Å². The molecule has 0 spiro atoms. The second-order valence-corrected chi connectivity index (χ2v) is 6.38. The molecule has 20 heavy (non-hydrogen) atoms. The first-order valence-corrected chi connectivity index (χ1v) is 7.97. The number of piperidine rings is 1. The van der Waals surface area contributed by atoms with Crippen LogP contribution < -0.4 is 5.73 Å². The Bertz CT molecular complexity index is 250. The van der Waals surface area contributed by atoms with Gasteiger partial charge in [0.1, 0.15) is 0 Å². The standard InChI is InChI=1S/C15H31N3O.ClH/c1-13-11-18(12-14(2)19-13)9-5-15-3-7-17(8-4-15)10-6-16;/h13-15H,3-12,16H2,1-2H3;1H.